The quantitative estimate of drug-likeness (QED) is 0.430. The van der Waals surface area contributed by atoms with Gasteiger partial charge in [-0.1, -0.05) is 18.2 Å². The third-order valence-corrected chi connectivity index (χ3v) is 0.910. The van der Waals surface area contributed by atoms with Gasteiger partial charge in [0.05, 0.1) is 0 Å². The third-order valence-electron chi connectivity index (χ3n) is 0.910. The Morgan fingerprint density at radius 2 is 1.50 bits per heavy atom. The molecule has 0 bridgehead atoms. The van der Waals surface area contributed by atoms with Crippen LogP contribution < -0.4 is 35.5 Å². The predicted octanol–water partition coefficient (Wildman–Crippen LogP) is -5.77. The van der Waals surface area contributed by atoms with E-state index in [4.69, 9.17) is 0 Å². The van der Waals surface area contributed by atoms with Crippen molar-refractivity contribution in [2.24, 2.45) is 0 Å². The summed E-state index contributed by atoms with van der Waals surface area (Å²) in [4.78, 5) is 4.66. The largest absolute Gasteiger partial charge is 1.00 e. The van der Waals surface area contributed by atoms with Crippen molar-refractivity contribution in [3.8, 4) is 5.75 Å². The molecule has 0 aromatic heterocycles. The molecule has 1 rings (SSSR count). The molecule has 0 amide bonds. The summed E-state index contributed by atoms with van der Waals surface area (Å²) in [6.07, 6.45) is 0. The average molecular weight is 181 g/mol. The second-order valence-corrected chi connectivity index (χ2v) is 1.46. The summed E-state index contributed by atoms with van der Waals surface area (Å²) < 4.78 is 0. The maximum absolute atomic E-state index is 4.66. The van der Waals surface area contributed by atoms with Crippen molar-refractivity contribution in [2.45, 2.75) is 0 Å². The number of hydrogen-bond acceptors (Lipinski definition) is 1. The standard InChI is InChI=1S/C6H8NO.2ClH/c7-8-6-4-2-1-3-5-6;;/h1-5H,7H3;2*1H/q+1;;/p-2. The summed E-state index contributed by atoms with van der Waals surface area (Å²) in [5.41, 5.74) is 0. The highest BCUT2D eigenvalue weighted by molar-refractivity contribution is 5.19. The molecule has 0 radical (unpaired) electrons. The molecule has 1 aromatic rings. The van der Waals surface area contributed by atoms with E-state index in [1.54, 1.807) is 0 Å². The van der Waals surface area contributed by atoms with Crippen LogP contribution >= 0.6 is 0 Å². The van der Waals surface area contributed by atoms with Crippen LogP contribution in [0.4, 0.5) is 0 Å². The lowest BCUT2D eigenvalue weighted by molar-refractivity contribution is -0.635. The van der Waals surface area contributed by atoms with Gasteiger partial charge in [0.15, 0.2) is 5.75 Å². The predicted molar refractivity (Wildman–Crippen MR) is 30.0 cm³/mol. The molecule has 0 unspecified atom stereocenters. The van der Waals surface area contributed by atoms with Crippen molar-refractivity contribution in [2.75, 3.05) is 0 Å². The van der Waals surface area contributed by atoms with Gasteiger partial charge in [0, 0.05) is 0 Å². The van der Waals surface area contributed by atoms with Crippen LogP contribution in [0.3, 0.4) is 0 Å². The van der Waals surface area contributed by atoms with Crippen molar-refractivity contribution < 1.29 is 35.5 Å². The van der Waals surface area contributed by atoms with E-state index >= 15 is 0 Å². The second-order valence-electron chi connectivity index (χ2n) is 1.46. The molecule has 0 saturated carbocycles. The zero-order chi connectivity index (χ0) is 5.82. The van der Waals surface area contributed by atoms with Crippen LogP contribution in [0, 0.1) is 0 Å². The lowest BCUT2D eigenvalue weighted by Crippen LogP contribution is -3.00. The van der Waals surface area contributed by atoms with Crippen LogP contribution in [0.25, 0.3) is 0 Å². The van der Waals surface area contributed by atoms with Gasteiger partial charge in [-0.15, -0.1) is 0 Å². The number of rotatable bonds is 1. The molecule has 0 heterocycles. The zero-order valence-corrected chi connectivity index (χ0v) is 6.77. The second kappa shape index (κ2) is 6.68. The lowest BCUT2D eigenvalue weighted by Gasteiger charge is -1.88. The Hall–Kier alpha value is -0.440. The number of para-hydroxylation sites is 1. The van der Waals surface area contributed by atoms with Crippen molar-refractivity contribution in [1.82, 2.24) is 0 Å². The minimum Gasteiger partial charge on any atom is -1.00 e. The molecule has 58 valence electrons. The molecule has 0 atom stereocenters. The van der Waals surface area contributed by atoms with E-state index in [9.17, 15) is 0 Å². The first kappa shape index (κ1) is 12.3. The van der Waals surface area contributed by atoms with E-state index in [-0.39, 0.29) is 24.8 Å². The highest BCUT2D eigenvalue weighted by Crippen LogP contribution is 2.03. The molecule has 0 aliphatic rings. The van der Waals surface area contributed by atoms with Gasteiger partial charge in [-0.25, -0.2) is 0 Å². The SMILES string of the molecule is [Cl-].[Cl-].[NH3+]Oc1ccccc1. The van der Waals surface area contributed by atoms with Crippen molar-refractivity contribution in [1.29, 1.82) is 0 Å². The smallest absolute Gasteiger partial charge is 0.189 e. The van der Waals surface area contributed by atoms with Gasteiger partial charge in [-0.3, -0.25) is 0 Å². The zero-order valence-electron chi connectivity index (χ0n) is 5.26. The molecule has 1 aromatic carbocycles. The molecule has 10 heavy (non-hydrogen) atoms. The highest BCUT2D eigenvalue weighted by atomic mass is 35.5. The summed E-state index contributed by atoms with van der Waals surface area (Å²) in [6.45, 7) is 0. The normalized spacial score (nSPS) is 6.90. The average Bonchev–Trinajstić information content (AvgIpc) is 1.90. The summed E-state index contributed by atoms with van der Waals surface area (Å²) in [6, 6.07) is 9.45. The molecule has 0 spiro atoms. The van der Waals surface area contributed by atoms with Crippen LogP contribution in [0.2, 0.25) is 0 Å². The minimum absolute atomic E-state index is 0. The molecular formula is C6H8Cl2NO-. The maximum Gasteiger partial charge on any atom is 0.189 e. The van der Waals surface area contributed by atoms with Crippen LogP contribution in [0.15, 0.2) is 30.3 Å². The first-order chi connectivity index (χ1) is 3.93. The fourth-order valence-electron chi connectivity index (χ4n) is 0.517. The van der Waals surface area contributed by atoms with Gasteiger partial charge in [-0.2, -0.15) is 5.90 Å². The third kappa shape index (κ3) is 3.56. The monoisotopic (exact) mass is 180 g/mol. The minimum atomic E-state index is 0. The van der Waals surface area contributed by atoms with Crippen LogP contribution in [0.1, 0.15) is 0 Å². The Bertz CT molecular complexity index is 157. The van der Waals surface area contributed by atoms with E-state index in [2.05, 4.69) is 10.7 Å². The molecular weight excluding hydrogens is 173 g/mol. The fraction of sp³-hybridized carbons (Fsp3) is 0. The number of benzene rings is 1. The number of halogens is 2. The van der Waals surface area contributed by atoms with E-state index in [1.165, 1.54) is 0 Å². The van der Waals surface area contributed by atoms with Gasteiger partial charge in [-0.05, 0) is 12.1 Å². The first-order valence-corrected chi connectivity index (χ1v) is 2.40. The molecule has 0 aliphatic carbocycles. The van der Waals surface area contributed by atoms with Gasteiger partial charge in [0.1, 0.15) is 0 Å². The molecule has 0 aliphatic heterocycles. The molecule has 3 N–H and O–H groups in total. The molecule has 0 fully saturated rings. The summed E-state index contributed by atoms with van der Waals surface area (Å²) in [5.74, 6) is 4.05. The Morgan fingerprint density at radius 3 is 1.80 bits per heavy atom. The Balaban J connectivity index is 0. The van der Waals surface area contributed by atoms with E-state index in [0.29, 0.717) is 0 Å². The van der Waals surface area contributed by atoms with Gasteiger partial charge >= 0.3 is 0 Å². The fourth-order valence-corrected chi connectivity index (χ4v) is 0.517. The summed E-state index contributed by atoms with van der Waals surface area (Å²) in [7, 11) is 0. The topological polar surface area (TPSA) is 36.9 Å². The molecule has 4 heteroatoms. The maximum atomic E-state index is 4.66. The molecule has 2 nitrogen and oxygen atoms in total. The Kier molecular flexibility index (Phi) is 8.18. The van der Waals surface area contributed by atoms with Gasteiger partial charge in [0.2, 0.25) is 0 Å². The van der Waals surface area contributed by atoms with E-state index in [1.807, 2.05) is 30.3 Å². The van der Waals surface area contributed by atoms with Crippen molar-refractivity contribution in [3.05, 3.63) is 30.3 Å². The highest BCUT2D eigenvalue weighted by Gasteiger charge is 1.84. The van der Waals surface area contributed by atoms with E-state index < -0.39 is 0 Å². The number of hydrogen-bond donors (Lipinski definition) is 1. The van der Waals surface area contributed by atoms with E-state index in [0.717, 1.165) is 5.75 Å². The van der Waals surface area contributed by atoms with Crippen molar-refractivity contribution >= 4 is 0 Å². The number of quaternary nitrogens is 1. The lowest BCUT2D eigenvalue weighted by atomic mass is 10.3. The van der Waals surface area contributed by atoms with Crippen LogP contribution in [-0.4, -0.2) is 0 Å². The Morgan fingerprint density at radius 1 is 1.00 bits per heavy atom. The summed E-state index contributed by atoms with van der Waals surface area (Å²) in [5, 5.41) is 0. The van der Waals surface area contributed by atoms with Crippen molar-refractivity contribution in [3.63, 3.8) is 0 Å². The Labute approximate surface area is 72.1 Å². The first-order valence-electron chi connectivity index (χ1n) is 2.40. The van der Waals surface area contributed by atoms with Gasteiger partial charge in [0.25, 0.3) is 0 Å². The van der Waals surface area contributed by atoms with Gasteiger partial charge < -0.3 is 29.7 Å². The van der Waals surface area contributed by atoms with Crippen LogP contribution in [-0.2, 0) is 0 Å². The molecule has 0 saturated heterocycles. The van der Waals surface area contributed by atoms with Crippen LogP contribution in [0.5, 0.6) is 5.75 Å². The summed E-state index contributed by atoms with van der Waals surface area (Å²) >= 11 is 0.